The molecule has 23 heavy (non-hydrogen) atoms. The van der Waals surface area contributed by atoms with E-state index in [0.29, 0.717) is 12.6 Å². The molecule has 5 heteroatoms. The van der Waals surface area contributed by atoms with Crippen molar-refractivity contribution in [3.8, 4) is 0 Å². The first-order valence-electron chi connectivity index (χ1n) is 8.01. The third-order valence-electron chi connectivity index (χ3n) is 4.17. The minimum Gasteiger partial charge on any atom is -0.476 e. The van der Waals surface area contributed by atoms with Crippen molar-refractivity contribution in [1.82, 2.24) is 14.9 Å². The first kappa shape index (κ1) is 15.6. The van der Waals surface area contributed by atoms with Gasteiger partial charge in [0.15, 0.2) is 5.69 Å². The average molecular weight is 311 g/mol. The number of carboxylic acid groups (broad SMARTS) is 1. The number of rotatable bonds is 7. The quantitative estimate of drug-likeness (QED) is 0.851. The van der Waals surface area contributed by atoms with Crippen LogP contribution in [0.5, 0.6) is 0 Å². The van der Waals surface area contributed by atoms with Crippen molar-refractivity contribution in [3.05, 3.63) is 59.2 Å². The van der Waals surface area contributed by atoms with Crippen LogP contribution in [0.3, 0.4) is 0 Å². The van der Waals surface area contributed by atoms with Crippen molar-refractivity contribution >= 4 is 5.97 Å². The van der Waals surface area contributed by atoms with Crippen molar-refractivity contribution in [3.63, 3.8) is 0 Å². The van der Waals surface area contributed by atoms with Crippen LogP contribution in [0, 0.1) is 0 Å². The minimum absolute atomic E-state index is 0.0122. The van der Waals surface area contributed by atoms with Crippen LogP contribution in [0.4, 0.5) is 0 Å². The maximum atomic E-state index is 10.8. The standard InChI is InChI=1S/C18H21N3O2/c1-2-13-3-5-14(6-4-13)11-21(16-7-8-16)12-15-9-20-17(10-19-15)18(22)23/h3-6,9-10,16H,2,7-8,11-12H2,1H3,(H,22,23). The number of carboxylic acids is 1. The molecule has 0 spiro atoms. The van der Waals surface area contributed by atoms with E-state index in [4.69, 9.17) is 5.11 Å². The van der Waals surface area contributed by atoms with Gasteiger partial charge in [-0.2, -0.15) is 0 Å². The van der Waals surface area contributed by atoms with Gasteiger partial charge in [0.05, 0.1) is 18.1 Å². The summed E-state index contributed by atoms with van der Waals surface area (Å²) in [7, 11) is 0. The molecular formula is C18H21N3O2. The second kappa shape index (κ2) is 6.87. The van der Waals surface area contributed by atoms with E-state index in [1.807, 2.05) is 0 Å². The van der Waals surface area contributed by atoms with Crippen LogP contribution in [0.1, 0.15) is 47.1 Å². The molecule has 0 radical (unpaired) electrons. The Labute approximate surface area is 136 Å². The van der Waals surface area contributed by atoms with E-state index in [9.17, 15) is 4.79 Å². The summed E-state index contributed by atoms with van der Waals surface area (Å²) in [5.41, 5.74) is 3.44. The Balaban J connectivity index is 1.67. The van der Waals surface area contributed by atoms with Gasteiger partial charge in [0.1, 0.15) is 0 Å². The van der Waals surface area contributed by atoms with Gasteiger partial charge in [-0.3, -0.25) is 9.88 Å². The molecule has 1 fully saturated rings. The molecule has 120 valence electrons. The highest BCUT2D eigenvalue weighted by Crippen LogP contribution is 2.29. The van der Waals surface area contributed by atoms with Crippen molar-refractivity contribution in [2.45, 2.75) is 45.3 Å². The lowest BCUT2D eigenvalue weighted by Gasteiger charge is -2.21. The van der Waals surface area contributed by atoms with Crippen LogP contribution in [0.2, 0.25) is 0 Å². The molecule has 0 unspecified atom stereocenters. The maximum absolute atomic E-state index is 10.8. The van der Waals surface area contributed by atoms with Gasteiger partial charge in [0, 0.05) is 19.1 Å². The zero-order valence-corrected chi connectivity index (χ0v) is 13.3. The number of aromatic carboxylic acids is 1. The summed E-state index contributed by atoms with van der Waals surface area (Å²) >= 11 is 0. The largest absolute Gasteiger partial charge is 0.476 e. The summed E-state index contributed by atoms with van der Waals surface area (Å²) in [6.45, 7) is 3.75. The number of benzene rings is 1. The van der Waals surface area contributed by atoms with Crippen LogP contribution >= 0.6 is 0 Å². The molecule has 1 aromatic carbocycles. The van der Waals surface area contributed by atoms with Crippen LogP contribution < -0.4 is 0 Å². The molecule has 2 aromatic rings. The topological polar surface area (TPSA) is 66.3 Å². The predicted molar refractivity (Wildman–Crippen MR) is 87.1 cm³/mol. The van der Waals surface area contributed by atoms with Gasteiger partial charge in [-0.25, -0.2) is 9.78 Å². The molecule has 0 bridgehead atoms. The molecule has 3 rings (SSSR count). The van der Waals surface area contributed by atoms with E-state index < -0.39 is 5.97 Å². The number of aromatic nitrogens is 2. The van der Waals surface area contributed by atoms with Crippen molar-refractivity contribution in [2.75, 3.05) is 0 Å². The van der Waals surface area contributed by atoms with Gasteiger partial charge in [-0.15, -0.1) is 0 Å². The number of hydrogen-bond donors (Lipinski definition) is 1. The fraction of sp³-hybridized carbons (Fsp3) is 0.389. The van der Waals surface area contributed by atoms with Crippen LogP contribution in [0.25, 0.3) is 0 Å². The highest BCUT2D eigenvalue weighted by Gasteiger charge is 2.29. The van der Waals surface area contributed by atoms with Gasteiger partial charge < -0.3 is 5.11 Å². The molecule has 0 saturated heterocycles. The molecule has 5 nitrogen and oxygen atoms in total. The lowest BCUT2D eigenvalue weighted by Crippen LogP contribution is -2.25. The zero-order chi connectivity index (χ0) is 16.2. The first-order chi connectivity index (χ1) is 11.2. The van der Waals surface area contributed by atoms with Gasteiger partial charge in [0.2, 0.25) is 0 Å². The molecule has 1 saturated carbocycles. The molecule has 0 aliphatic heterocycles. The molecule has 1 aromatic heterocycles. The van der Waals surface area contributed by atoms with Gasteiger partial charge in [0.25, 0.3) is 0 Å². The smallest absolute Gasteiger partial charge is 0.356 e. The molecular weight excluding hydrogens is 290 g/mol. The monoisotopic (exact) mass is 311 g/mol. The molecule has 0 amide bonds. The summed E-state index contributed by atoms with van der Waals surface area (Å²) in [4.78, 5) is 21.4. The highest BCUT2D eigenvalue weighted by atomic mass is 16.4. The Kier molecular flexibility index (Phi) is 4.67. The molecule has 1 aliphatic carbocycles. The third kappa shape index (κ3) is 4.13. The van der Waals surface area contributed by atoms with E-state index in [2.05, 4.69) is 46.1 Å². The molecule has 1 aliphatic rings. The SMILES string of the molecule is CCc1ccc(CN(Cc2cnc(C(=O)O)cn2)C2CC2)cc1. The summed E-state index contributed by atoms with van der Waals surface area (Å²) in [5, 5.41) is 8.88. The summed E-state index contributed by atoms with van der Waals surface area (Å²) in [6, 6.07) is 9.34. The molecule has 1 N–H and O–H groups in total. The Morgan fingerprint density at radius 2 is 1.83 bits per heavy atom. The van der Waals surface area contributed by atoms with Crippen LogP contribution in [-0.4, -0.2) is 32.0 Å². The fourth-order valence-electron chi connectivity index (χ4n) is 2.62. The Morgan fingerprint density at radius 3 is 2.35 bits per heavy atom. The molecule has 0 atom stereocenters. The normalized spacial score (nSPS) is 14.2. The van der Waals surface area contributed by atoms with Gasteiger partial charge in [-0.1, -0.05) is 31.2 Å². The van der Waals surface area contributed by atoms with Gasteiger partial charge in [-0.05, 0) is 30.4 Å². The Hall–Kier alpha value is -2.27. The Bertz CT molecular complexity index is 664. The maximum Gasteiger partial charge on any atom is 0.356 e. The first-order valence-corrected chi connectivity index (χ1v) is 8.01. The van der Waals surface area contributed by atoms with Crippen molar-refractivity contribution in [1.29, 1.82) is 0 Å². The van der Waals surface area contributed by atoms with Crippen molar-refractivity contribution < 1.29 is 9.90 Å². The third-order valence-corrected chi connectivity index (χ3v) is 4.17. The number of aryl methyl sites for hydroxylation is 1. The van der Waals surface area contributed by atoms with E-state index >= 15 is 0 Å². The fourth-order valence-corrected chi connectivity index (χ4v) is 2.62. The summed E-state index contributed by atoms with van der Waals surface area (Å²) in [6.07, 6.45) is 6.39. The Morgan fingerprint density at radius 1 is 1.13 bits per heavy atom. The van der Waals surface area contributed by atoms with Gasteiger partial charge >= 0.3 is 5.97 Å². The lowest BCUT2D eigenvalue weighted by molar-refractivity contribution is 0.0690. The zero-order valence-electron chi connectivity index (χ0n) is 13.3. The summed E-state index contributed by atoms with van der Waals surface area (Å²) in [5.74, 6) is -1.04. The molecule has 1 heterocycles. The second-order valence-electron chi connectivity index (χ2n) is 6.00. The number of carbonyl (C=O) groups is 1. The minimum atomic E-state index is -1.04. The summed E-state index contributed by atoms with van der Waals surface area (Å²) < 4.78 is 0. The van der Waals surface area contributed by atoms with E-state index in [0.717, 1.165) is 18.7 Å². The number of hydrogen-bond acceptors (Lipinski definition) is 4. The second-order valence-corrected chi connectivity index (χ2v) is 6.00. The van der Waals surface area contributed by atoms with E-state index in [1.54, 1.807) is 6.20 Å². The number of nitrogens with zero attached hydrogens (tertiary/aromatic N) is 3. The van der Waals surface area contributed by atoms with E-state index in [1.165, 1.54) is 30.2 Å². The van der Waals surface area contributed by atoms with Crippen LogP contribution in [-0.2, 0) is 19.5 Å². The average Bonchev–Trinajstić information content (AvgIpc) is 3.40. The lowest BCUT2D eigenvalue weighted by atomic mass is 10.1. The van der Waals surface area contributed by atoms with Crippen LogP contribution in [0.15, 0.2) is 36.7 Å². The van der Waals surface area contributed by atoms with E-state index in [-0.39, 0.29) is 5.69 Å². The highest BCUT2D eigenvalue weighted by molar-refractivity contribution is 5.84. The van der Waals surface area contributed by atoms with Crippen molar-refractivity contribution in [2.24, 2.45) is 0 Å². The predicted octanol–water partition coefficient (Wildman–Crippen LogP) is 2.90.